The van der Waals surface area contributed by atoms with Crippen LogP contribution in [0.4, 0.5) is 0 Å². The van der Waals surface area contributed by atoms with Gasteiger partial charge in [-0.15, -0.1) is 0 Å². The fraction of sp³-hybridized carbons (Fsp3) is 0.500. The molecule has 72 valence electrons. The van der Waals surface area contributed by atoms with Crippen LogP contribution in [0.3, 0.4) is 0 Å². The number of ether oxygens (including phenoxy) is 1. The van der Waals surface area contributed by atoms with Crippen molar-refractivity contribution in [3.63, 3.8) is 0 Å². The minimum absolute atomic E-state index is 0.0524. The molecule has 0 aliphatic rings. The van der Waals surface area contributed by atoms with Gasteiger partial charge in [-0.25, -0.2) is 4.68 Å². The molecule has 1 aromatic rings. The van der Waals surface area contributed by atoms with E-state index in [1.807, 2.05) is 6.92 Å². The molecule has 0 aromatic carbocycles. The van der Waals surface area contributed by atoms with E-state index < -0.39 is 5.97 Å². The predicted octanol–water partition coefficient (Wildman–Crippen LogP) is 0.446. The molecule has 0 fully saturated rings. The van der Waals surface area contributed by atoms with Crippen molar-refractivity contribution < 1.29 is 14.6 Å². The Morgan fingerprint density at radius 1 is 1.77 bits per heavy atom. The Morgan fingerprint density at radius 3 is 3.00 bits per heavy atom. The van der Waals surface area contributed by atoms with Crippen LogP contribution >= 0.6 is 0 Å². The van der Waals surface area contributed by atoms with E-state index in [0.717, 1.165) is 0 Å². The molecule has 0 bridgehead atoms. The highest BCUT2D eigenvalue weighted by Gasteiger charge is 2.12. The van der Waals surface area contributed by atoms with Crippen LogP contribution in [0.25, 0.3) is 0 Å². The van der Waals surface area contributed by atoms with E-state index in [1.165, 1.54) is 10.9 Å². The summed E-state index contributed by atoms with van der Waals surface area (Å²) in [6.45, 7) is 2.35. The molecule has 0 unspecified atom stereocenters. The minimum atomic E-state index is -0.881. The minimum Gasteiger partial charge on any atom is -0.481 e. The Kier molecular flexibility index (Phi) is 2.89. The van der Waals surface area contributed by atoms with E-state index in [1.54, 1.807) is 7.05 Å². The number of rotatable bonds is 4. The van der Waals surface area contributed by atoms with Gasteiger partial charge in [0.1, 0.15) is 0 Å². The van der Waals surface area contributed by atoms with Gasteiger partial charge in [-0.05, 0) is 6.92 Å². The van der Waals surface area contributed by atoms with Crippen molar-refractivity contribution in [1.82, 2.24) is 9.78 Å². The zero-order valence-corrected chi connectivity index (χ0v) is 7.65. The van der Waals surface area contributed by atoms with Crippen LogP contribution in [0.5, 0.6) is 5.88 Å². The van der Waals surface area contributed by atoms with Crippen molar-refractivity contribution in [3.8, 4) is 5.88 Å². The molecule has 5 heteroatoms. The van der Waals surface area contributed by atoms with Crippen LogP contribution in [0.2, 0.25) is 0 Å². The fourth-order valence-corrected chi connectivity index (χ4v) is 1.08. The van der Waals surface area contributed by atoms with Gasteiger partial charge in [0.05, 0.1) is 19.2 Å². The number of carbonyl (C=O) groups is 1. The lowest BCUT2D eigenvalue weighted by Gasteiger charge is -2.04. The molecule has 0 spiro atoms. The molecule has 0 amide bonds. The van der Waals surface area contributed by atoms with Crippen molar-refractivity contribution in [1.29, 1.82) is 0 Å². The molecule has 0 aliphatic carbocycles. The summed E-state index contributed by atoms with van der Waals surface area (Å²) in [5.74, 6) is -0.348. The van der Waals surface area contributed by atoms with Gasteiger partial charge in [0, 0.05) is 12.6 Å². The molecule has 1 heterocycles. The largest absolute Gasteiger partial charge is 0.481 e. The third kappa shape index (κ3) is 2.21. The first-order valence-corrected chi connectivity index (χ1v) is 4.00. The SMILES string of the molecule is CCOc1c(CC(=O)O)cnn1C. The maximum Gasteiger partial charge on any atom is 0.308 e. The average Bonchev–Trinajstić information content (AvgIpc) is 2.35. The maximum atomic E-state index is 10.4. The highest BCUT2D eigenvalue weighted by molar-refractivity contribution is 5.70. The number of aliphatic carboxylic acids is 1. The van der Waals surface area contributed by atoms with Crippen LogP contribution in [0.1, 0.15) is 12.5 Å². The van der Waals surface area contributed by atoms with Crippen molar-refractivity contribution in [3.05, 3.63) is 11.8 Å². The smallest absolute Gasteiger partial charge is 0.308 e. The summed E-state index contributed by atoms with van der Waals surface area (Å²) in [4.78, 5) is 10.4. The Labute approximate surface area is 75.9 Å². The molecule has 1 aromatic heterocycles. The summed E-state index contributed by atoms with van der Waals surface area (Å²) in [6.07, 6.45) is 1.46. The van der Waals surface area contributed by atoms with Crippen LogP contribution in [0, 0.1) is 0 Å². The van der Waals surface area contributed by atoms with E-state index >= 15 is 0 Å². The summed E-state index contributed by atoms with van der Waals surface area (Å²) in [5.41, 5.74) is 0.608. The molecular weight excluding hydrogens is 172 g/mol. The topological polar surface area (TPSA) is 64.3 Å². The number of hydrogen-bond acceptors (Lipinski definition) is 3. The van der Waals surface area contributed by atoms with Crippen LogP contribution in [0.15, 0.2) is 6.20 Å². The quantitative estimate of drug-likeness (QED) is 0.737. The lowest BCUT2D eigenvalue weighted by molar-refractivity contribution is -0.136. The Bertz CT molecular complexity index is 306. The Hall–Kier alpha value is -1.52. The molecule has 0 saturated carbocycles. The summed E-state index contributed by atoms with van der Waals surface area (Å²) >= 11 is 0. The van der Waals surface area contributed by atoms with E-state index in [9.17, 15) is 4.79 Å². The highest BCUT2D eigenvalue weighted by Crippen LogP contribution is 2.17. The molecular formula is C8H12N2O3. The standard InChI is InChI=1S/C8H12N2O3/c1-3-13-8-6(4-7(11)12)5-9-10(8)2/h5H,3-4H2,1-2H3,(H,11,12). The number of aryl methyl sites for hydroxylation is 1. The molecule has 0 aliphatic heterocycles. The Balaban J connectivity index is 2.86. The number of carboxylic acid groups (broad SMARTS) is 1. The number of nitrogens with zero attached hydrogens (tertiary/aromatic N) is 2. The Morgan fingerprint density at radius 2 is 2.46 bits per heavy atom. The molecule has 0 saturated heterocycles. The molecule has 13 heavy (non-hydrogen) atoms. The van der Waals surface area contributed by atoms with Crippen LogP contribution in [-0.2, 0) is 18.3 Å². The molecule has 0 radical (unpaired) electrons. The van der Waals surface area contributed by atoms with Gasteiger partial charge >= 0.3 is 5.97 Å². The highest BCUT2D eigenvalue weighted by atomic mass is 16.5. The summed E-state index contributed by atoms with van der Waals surface area (Å²) < 4.78 is 6.78. The van der Waals surface area contributed by atoms with Gasteiger partial charge in [0.15, 0.2) is 0 Å². The van der Waals surface area contributed by atoms with E-state index in [2.05, 4.69) is 5.10 Å². The maximum absolute atomic E-state index is 10.4. The summed E-state index contributed by atoms with van der Waals surface area (Å²) in [7, 11) is 1.72. The first kappa shape index (κ1) is 9.57. The monoisotopic (exact) mass is 184 g/mol. The molecule has 1 N–H and O–H groups in total. The number of carboxylic acids is 1. The van der Waals surface area contributed by atoms with E-state index in [0.29, 0.717) is 18.1 Å². The van der Waals surface area contributed by atoms with Gasteiger partial charge in [0.25, 0.3) is 0 Å². The fourth-order valence-electron chi connectivity index (χ4n) is 1.08. The predicted molar refractivity (Wildman–Crippen MR) is 45.7 cm³/mol. The summed E-state index contributed by atoms with van der Waals surface area (Å²) in [6, 6.07) is 0. The van der Waals surface area contributed by atoms with E-state index in [-0.39, 0.29) is 6.42 Å². The van der Waals surface area contributed by atoms with Crippen LogP contribution < -0.4 is 4.74 Å². The number of aromatic nitrogens is 2. The van der Waals surface area contributed by atoms with Crippen molar-refractivity contribution in [2.24, 2.45) is 7.05 Å². The molecule has 5 nitrogen and oxygen atoms in total. The van der Waals surface area contributed by atoms with Crippen LogP contribution in [-0.4, -0.2) is 27.5 Å². The van der Waals surface area contributed by atoms with Gasteiger partial charge in [-0.2, -0.15) is 5.10 Å². The van der Waals surface area contributed by atoms with Gasteiger partial charge < -0.3 is 9.84 Å². The normalized spacial score (nSPS) is 10.0. The summed E-state index contributed by atoms with van der Waals surface area (Å²) in [5, 5.41) is 12.5. The van der Waals surface area contributed by atoms with Crippen molar-refractivity contribution in [2.75, 3.05) is 6.61 Å². The second kappa shape index (κ2) is 3.93. The first-order chi connectivity index (χ1) is 6.15. The second-order valence-corrected chi connectivity index (χ2v) is 2.60. The molecule has 0 atom stereocenters. The lowest BCUT2D eigenvalue weighted by atomic mass is 10.2. The number of hydrogen-bond donors (Lipinski definition) is 1. The zero-order chi connectivity index (χ0) is 9.84. The lowest BCUT2D eigenvalue weighted by Crippen LogP contribution is -2.04. The third-order valence-electron chi connectivity index (χ3n) is 1.58. The molecule has 1 rings (SSSR count). The van der Waals surface area contributed by atoms with Gasteiger partial charge in [-0.1, -0.05) is 0 Å². The van der Waals surface area contributed by atoms with Gasteiger partial charge in [0.2, 0.25) is 5.88 Å². The van der Waals surface area contributed by atoms with Crippen molar-refractivity contribution in [2.45, 2.75) is 13.3 Å². The zero-order valence-electron chi connectivity index (χ0n) is 7.65. The first-order valence-electron chi connectivity index (χ1n) is 4.00. The van der Waals surface area contributed by atoms with E-state index in [4.69, 9.17) is 9.84 Å². The van der Waals surface area contributed by atoms with Gasteiger partial charge in [-0.3, -0.25) is 4.79 Å². The average molecular weight is 184 g/mol. The third-order valence-corrected chi connectivity index (χ3v) is 1.58. The van der Waals surface area contributed by atoms with Crippen molar-refractivity contribution >= 4 is 5.97 Å². The second-order valence-electron chi connectivity index (χ2n) is 2.60.